The maximum Gasteiger partial charge on any atom is 0.123 e. The highest BCUT2D eigenvalue weighted by Crippen LogP contribution is 2.22. The highest BCUT2D eigenvalue weighted by molar-refractivity contribution is 5.83. The Bertz CT molecular complexity index is 761. The van der Waals surface area contributed by atoms with Crippen LogP contribution in [0.3, 0.4) is 0 Å². The molecular weight excluding hydrogens is 253 g/mol. The Hall–Kier alpha value is -2.13. The van der Waals surface area contributed by atoms with Crippen LogP contribution in [0.4, 0.5) is 4.39 Å². The lowest BCUT2D eigenvalue weighted by Crippen LogP contribution is -2.00. The third kappa shape index (κ3) is 2.21. The first kappa shape index (κ1) is 12.9. The van der Waals surface area contributed by atoms with Crippen LogP contribution in [0.15, 0.2) is 48.7 Å². The van der Waals surface area contributed by atoms with Crippen molar-refractivity contribution in [3.05, 3.63) is 71.2 Å². The van der Waals surface area contributed by atoms with Crippen molar-refractivity contribution in [2.45, 2.75) is 20.1 Å². The SMILES string of the molecule is Cc1cc(F)ccc1Cn1ccc2c(CO)cccc21. The fourth-order valence-electron chi connectivity index (χ4n) is 2.58. The molecule has 102 valence electrons. The summed E-state index contributed by atoms with van der Waals surface area (Å²) in [7, 11) is 0. The predicted molar refractivity (Wildman–Crippen MR) is 78.1 cm³/mol. The normalized spacial score (nSPS) is 11.2. The zero-order valence-corrected chi connectivity index (χ0v) is 11.3. The van der Waals surface area contributed by atoms with E-state index in [2.05, 4.69) is 4.57 Å². The first-order chi connectivity index (χ1) is 9.69. The molecule has 0 saturated heterocycles. The Balaban J connectivity index is 2.03. The molecule has 0 aliphatic heterocycles. The number of hydrogen-bond acceptors (Lipinski definition) is 1. The molecule has 2 aromatic carbocycles. The molecule has 1 N–H and O–H groups in total. The molecular formula is C17H16FNO. The van der Waals surface area contributed by atoms with Gasteiger partial charge in [-0.1, -0.05) is 18.2 Å². The first-order valence-electron chi connectivity index (χ1n) is 6.61. The van der Waals surface area contributed by atoms with Gasteiger partial charge in [-0.15, -0.1) is 0 Å². The van der Waals surface area contributed by atoms with E-state index in [0.29, 0.717) is 6.54 Å². The van der Waals surface area contributed by atoms with Crippen molar-refractivity contribution < 1.29 is 9.50 Å². The van der Waals surface area contributed by atoms with Crippen LogP contribution in [0.1, 0.15) is 16.7 Å². The summed E-state index contributed by atoms with van der Waals surface area (Å²) in [5, 5.41) is 10.4. The average molecular weight is 269 g/mol. The second-order valence-corrected chi connectivity index (χ2v) is 5.02. The highest BCUT2D eigenvalue weighted by Gasteiger charge is 2.07. The van der Waals surface area contributed by atoms with E-state index in [4.69, 9.17) is 0 Å². The number of rotatable bonds is 3. The molecule has 1 aromatic heterocycles. The van der Waals surface area contributed by atoms with Gasteiger partial charge in [0.25, 0.3) is 0 Å². The van der Waals surface area contributed by atoms with Gasteiger partial charge in [0.1, 0.15) is 5.82 Å². The van der Waals surface area contributed by atoms with Crippen molar-refractivity contribution >= 4 is 10.9 Å². The molecule has 3 rings (SSSR count). The van der Waals surface area contributed by atoms with Crippen LogP contribution in [-0.2, 0) is 13.2 Å². The van der Waals surface area contributed by atoms with E-state index in [1.807, 2.05) is 43.5 Å². The molecule has 3 heteroatoms. The lowest BCUT2D eigenvalue weighted by atomic mass is 10.1. The standard InChI is InChI=1S/C17H16FNO/c1-12-9-15(18)6-5-13(12)10-19-8-7-16-14(11-20)3-2-4-17(16)19/h2-9,20H,10-11H2,1H3. The zero-order valence-electron chi connectivity index (χ0n) is 11.3. The van der Waals surface area contributed by atoms with Crippen molar-refractivity contribution in [3.63, 3.8) is 0 Å². The minimum absolute atomic E-state index is 0.0386. The quantitative estimate of drug-likeness (QED) is 0.771. The van der Waals surface area contributed by atoms with E-state index in [1.165, 1.54) is 6.07 Å². The van der Waals surface area contributed by atoms with E-state index < -0.39 is 0 Å². The fraction of sp³-hybridized carbons (Fsp3) is 0.176. The molecule has 0 radical (unpaired) electrons. The van der Waals surface area contributed by atoms with Gasteiger partial charge >= 0.3 is 0 Å². The van der Waals surface area contributed by atoms with Crippen molar-refractivity contribution in [2.24, 2.45) is 0 Å². The minimum Gasteiger partial charge on any atom is -0.392 e. The summed E-state index contributed by atoms with van der Waals surface area (Å²) in [4.78, 5) is 0. The molecule has 20 heavy (non-hydrogen) atoms. The topological polar surface area (TPSA) is 25.2 Å². The Labute approximate surface area is 117 Å². The van der Waals surface area contributed by atoms with Crippen LogP contribution in [0.25, 0.3) is 10.9 Å². The molecule has 1 heterocycles. The van der Waals surface area contributed by atoms with Gasteiger partial charge in [-0.25, -0.2) is 4.39 Å². The van der Waals surface area contributed by atoms with Crippen LogP contribution in [0, 0.1) is 12.7 Å². The number of aliphatic hydroxyl groups excluding tert-OH is 1. The summed E-state index contributed by atoms with van der Waals surface area (Å²) in [6.07, 6.45) is 2.01. The van der Waals surface area contributed by atoms with E-state index >= 15 is 0 Å². The van der Waals surface area contributed by atoms with Crippen LogP contribution in [0.2, 0.25) is 0 Å². The van der Waals surface area contributed by atoms with Gasteiger partial charge in [-0.2, -0.15) is 0 Å². The molecule has 0 spiro atoms. The van der Waals surface area contributed by atoms with Gasteiger partial charge in [0, 0.05) is 23.6 Å². The summed E-state index contributed by atoms with van der Waals surface area (Å²) in [6.45, 7) is 2.66. The molecule has 0 atom stereocenters. The molecule has 0 aliphatic carbocycles. The monoisotopic (exact) mass is 269 g/mol. The van der Waals surface area contributed by atoms with E-state index in [-0.39, 0.29) is 12.4 Å². The van der Waals surface area contributed by atoms with Crippen LogP contribution in [-0.4, -0.2) is 9.67 Å². The lowest BCUT2D eigenvalue weighted by molar-refractivity contribution is 0.283. The number of aliphatic hydroxyl groups is 1. The molecule has 0 fully saturated rings. The van der Waals surface area contributed by atoms with Gasteiger partial charge in [0.2, 0.25) is 0 Å². The summed E-state index contributed by atoms with van der Waals surface area (Å²) >= 11 is 0. The van der Waals surface area contributed by atoms with E-state index in [9.17, 15) is 9.50 Å². The summed E-state index contributed by atoms with van der Waals surface area (Å²) in [5.74, 6) is -0.203. The van der Waals surface area contributed by atoms with Crippen LogP contribution in [0.5, 0.6) is 0 Å². The Morgan fingerprint density at radius 2 is 1.95 bits per heavy atom. The Kier molecular flexibility index (Phi) is 3.28. The Morgan fingerprint density at radius 1 is 1.10 bits per heavy atom. The number of nitrogens with zero attached hydrogens (tertiary/aromatic N) is 1. The van der Waals surface area contributed by atoms with Gasteiger partial charge in [0.15, 0.2) is 0 Å². The number of benzene rings is 2. The summed E-state index contributed by atoms with van der Waals surface area (Å²) < 4.78 is 15.3. The third-order valence-corrected chi connectivity index (χ3v) is 3.72. The average Bonchev–Trinajstić information content (AvgIpc) is 2.85. The molecule has 0 saturated carbocycles. The number of halogens is 1. The van der Waals surface area contributed by atoms with Crippen LogP contribution < -0.4 is 0 Å². The third-order valence-electron chi connectivity index (χ3n) is 3.72. The van der Waals surface area contributed by atoms with Crippen molar-refractivity contribution in [2.75, 3.05) is 0 Å². The molecule has 0 unspecified atom stereocenters. The number of aromatic nitrogens is 1. The van der Waals surface area contributed by atoms with Crippen molar-refractivity contribution in [3.8, 4) is 0 Å². The highest BCUT2D eigenvalue weighted by atomic mass is 19.1. The van der Waals surface area contributed by atoms with Gasteiger partial charge in [-0.05, 0) is 47.9 Å². The lowest BCUT2D eigenvalue weighted by Gasteiger charge is -2.09. The maximum atomic E-state index is 13.1. The second-order valence-electron chi connectivity index (χ2n) is 5.02. The first-order valence-corrected chi connectivity index (χ1v) is 6.61. The molecule has 0 amide bonds. The largest absolute Gasteiger partial charge is 0.392 e. The van der Waals surface area contributed by atoms with Crippen molar-refractivity contribution in [1.29, 1.82) is 0 Å². The van der Waals surface area contributed by atoms with E-state index in [0.717, 1.165) is 27.6 Å². The number of hydrogen-bond donors (Lipinski definition) is 1. The predicted octanol–water partition coefficient (Wildman–Crippen LogP) is 3.63. The van der Waals surface area contributed by atoms with Crippen LogP contribution >= 0.6 is 0 Å². The number of aryl methyl sites for hydroxylation is 1. The van der Waals surface area contributed by atoms with Gasteiger partial charge in [-0.3, -0.25) is 0 Å². The second kappa shape index (κ2) is 5.10. The molecule has 2 nitrogen and oxygen atoms in total. The zero-order chi connectivity index (χ0) is 14.1. The molecule has 0 bridgehead atoms. The molecule has 0 aliphatic rings. The fourth-order valence-corrected chi connectivity index (χ4v) is 2.58. The summed E-state index contributed by atoms with van der Waals surface area (Å²) in [5.41, 5.74) is 4.06. The van der Waals surface area contributed by atoms with Gasteiger partial charge in [0.05, 0.1) is 6.61 Å². The van der Waals surface area contributed by atoms with E-state index in [1.54, 1.807) is 6.07 Å². The Morgan fingerprint density at radius 3 is 2.70 bits per heavy atom. The van der Waals surface area contributed by atoms with Gasteiger partial charge < -0.3 is 9.67 Å². The minimum atomic E-state index is -0.203. The van der Waals surface area contributed by atoms with Crippen molar-refractivity contribution in [1.82, 2.24) is 4.57 Å². The maximum absolute atomic E-state index is 13.1. The number of fused-ring (bicyclic) bond motifs is 1. The smallest absolute Gasteiger partial charge is 0.123 e. The molecule has 3 aromatic rings. The summed E-state index contributed by atoms with van der Waals surface area (Å²) in [6, 6.07) is 12.8.